The molecule has 2 rings (SSSR count). The van der Waals surface area contributed by atoms with Gasteiger partial charge in [0.1, 0.15) is 11.5 Å². The maximum absolute atomic E-state index is 9.10. The van der Waals surface area contributed by atoms with E-state index in [1.165, 1.54) is 18.4 Å². The van der Waals surface area contributed by atoms with Gasteiger partial charge in [0, 0.05) is 26.3 Å². The van der Waals surface area contributed by atoms with Gasteiger partial charge in [-0.05, 0) is 49.5 Å². The van der Waals surface area contributed by atoms with Gasteiger partial charge in [-0.25, -0.2) is 9.59 Å². The van der Waals surface area contributed by atoms with Crippen molar-refractivity contribution < 1.29 is 34.0 Å². The summed E-state index contributed by atoms with van der Waals surface area (Å²) < 4.78 is 15.9. The van der Waals surface area contributed by atoms with Crippen LogP contribution in [0.4, 0.5) is 0 Å². The Morgan fingerprint density at radius 1 is 1.00 bits per heavy atom. The SMILES string of the molecule is COCC1CCN(Cc2cc(OC)cc(OC)c2)CC1.O=C(O)C(=O)O. The van der Waals surface area contributed by atoms with Gasteiger partial charge in [0.15, 0.2) is 0 Å². The zero-order chi connectivity index (χ0) is 19.5. The first-order chi connectivity index (χ1) is 12.4. The molecule has 0 bridgehead atoms. The monoisotopic (exact) mass is 369 g/mol. The summed E-state index contributed by atoms with van der Waals surface area (Å²) in [6.45, 7) is 4.11. The number of benzene rings is 1. The molecule has 0 atom stereocenters. The van der Waals surface area contributed by atoms with Crippen LogP contribution < -0.4 is 9.47 Å². The normalized spacial score (nSPS) is 14.9. The molecule has 0 saturated carbocycles. The summed E-state index contributed by atoms with van der Waals surface area (Å²) in [4.78, 5) is 20.7. The highest BCUT2D eigenvalue weighted by Crippen LogP contribution is 2.25. The molecule has 1 saturated heterocycles. The summed E-state index contributed by atoms with van der Waals surface area (Å²) in [5.41, 5.74) is 1.24. The van der Waals surface area contributed by atoms with Crippen molar-refractivity contribution in [2.45, 2.75) is 19.4 Å². The number of ether oxygens (including phenoxy) is 3. The molecule has 1 fully saturated rings. The molecule has 0 spiro atoms. The quantitative estimate of drug-likeness (QED) is 0.730. The second-order valence-corrected chi connectivity index (χ2v) is 6.01. The molecule has 1 aliphatic rings. The fourth-order valence-corrected chi connectivity index (χ4v) is 2.76. The predicted octanol–water partition coefficient (Wildman–Crippen LogP) is 1.72. The first-order valence-electron chi connectivity index (χ1n) is 8.29. The van der Waals surface area contributed by atoms with Gasteiger partial charge in [-0.15, -0.1) is 0 Å². The smallest absolute Gasteiger partial charge is 0.414 e. The van der Waals surface area contributed by atoms with Crippen LogP contribution in [0.25, 0.3) is 0 Å². The number of aliphatic carboxylic acids is 2. The molecule has 0 radical (unpaired) electrons. The van der Waals surface area contributed by atoms with E-state index in [2.05, 4.69) is 17.0 Å². The third-order valence-corrected chi connectivity index (χ3v) is 4.11. The highest BCUT2D eigenvalue weighted by Gasteiger charge is 2.19. The van der Waals surface area contributed by atoms with Crippen LogP contribution in [0.1, 0.15) is 18.4 Å². The molecule has 146 valence electrons. The lowest BCUT2D eigenvalue weighted by molar-refractivity contribution is -0.159. The minimum atomic E-state index is -1.82. The molecule has 1 aromatic rings. The predicted molar refractivity (Wildman–Crippen MR) is 94.7 cm³/mol. The van der Waals surface area contributed by atoms with Gasteiger partial charge in [-0.3, -0.25) is 4.90 Å². The zero-order valence-electron chi connectivity index (χ0n) is 15.4. The average molecular weight is 369 g/mol. The summed E-state index contributed by atoms with van der Waals surface area (Å²) in [5.74, 6) is -1.22. The lowest BCUT2D eigenvalue weighted by Crippen LogP contribution is -2.34. The maximum Gasteiger partial charge on any atom is 0.414 e. The van der Waals surface area contributed by atoms with E-state index < -0.39 is 11.9 Å². The van der Waals surface area contributed by atoms with Crippen LogP contribution >= 0.6 is 0 Å². The number of likely N-dealkylation sites (tertiary alicyclic amines) is 1. The Bertz CT molecular complexity index is 549. The van der Waals surface area contributed by atoms with Gasteiger partial charge < -0.3 is 24.4 Å². The number of carboxylic acid groups (broad SMARTS) is 2. The largest absolute Gasteiger partial charge is 0.497 e. The molecule has 0 aromatic heterocycles. The Labute approximate surface area is 153 Å². The number of carboxylic acids is 2. The van der Waals surface area contributed by atoms with Crippen molar-refractivity contribution in [1.29, 1.82) is 0 Å². The average Bonchev–Trinajstić information content (AvgIpc) is 2.63. The molecule has 0 aliphatic carbocycles. The molecule has 1 aromatic carbocycles. The van der Waals surface area contributed by atoms with Crippen molar-refractivity contribution in [1.82, 2.24) is 4.90 Å². The second-order valence-electron chi connectivity index (χ2n) is 6.01. The van der Waals surface area contributed by atoms with E-state index in [4.69, 9.17) is 34.0 Å². The van der Waals surface area contributed by atoms with Crippen LogP contribution in [0, 0.1) is 5.92 Å². The summed E-state index contributed by atoms with van der Waals surface area (Å²) in [6, 6.07) is 6.09. The Balaban J connectivity index is 0.000000487. The fourth-order valence-electron chi connectivity index (χ4n) is 2.76. The first kappa shape index (κ1) is 21.7. The maximum atomic E-state index is 9.10. The topological polar surface area (TPSA) is 106 Å². The van der Waals surface area contributed by atoms with E-state index in [0.717, 1.165) is 43.7 Å². The van der Waals surface area contributed by atoms with Crippen LogP contribution in [-0.2, 0) is 20.9 Å². The van der Waals surface area contributed by atoms with E-state index in [1.807, 2.05) is 6.07 Å². The molecule has 8 heteroatoms. The van der Waals surface area contributed by atoms with E-state index >= 15 is 0 Å². The standard InChI is InChI=1S/C16H25NO3.C2H2O4/c1-18-12-13-4-6-17(7-5-13)11-14-8-15(19-2)10-16(9-14)20-3;3-1(4)2(5)6/h8-10,13H,4-7,11-12H2,1-3H3;(H,3,4)(H,5,6). The Hall–Kier alpha value is -2.32. The van der Waals surface area contributed by atoms with Crippen molar-refractivity contribution in [3.8, 4) is 11.5 Å². The van der Waals surface area contributed by atoms with Gasteiger partial charge >= 0.3 is 11.9 Å². The van der Waals surface area contributed by atoms with E-state index in [-0.39, 0.29) is 0 Å². The molecule has 26 heavy (non-hydrogen) atoms. The molecular weight excluding hydrogens is 342 g/mol. The second kappa shape index (κ2) is 11.3. The van der Waals surface area contributed by atoms with Gasteiger partial charge in [0.25, 0.3) is 0 Å². The Kier molecular flexibility index (Phi) is 9.46. The highest BCUT2D eigenvalue weighted by molar-refractivity contribution is 6.27. The Morgan fingerprint density at radius 2 is 1.50 bits per heavy atom. The third-order valence-electron chi connectivity index (χ3n) is 4.11. The number of hydrogen-bond donors (Lipinski definition) is 2. The third kappa shape index (κ3) is 7.71. The summed E-state index contributed by atoms with van der Waals surface area (Å²) in [7, 11) is 5.17. The number of hydrogen-bond acceptors (Lipinski definition) is 6. The molecule has 1 aliphatic heterocycles. The number of piperidine rings is 1. The van der Waals surface area contributed by atoms with Gasteiger partial charge in [-0.1, -0.05) is 0 Å². The first-order valence-corrected chi connectivity index (χ1v) is 8.29. The number of methoxy groups -OCH3 is 3. The molecule has 0 amide bonds. The lowest BCUT2D eigenvalue weighted by Gasteiger charge is -2.31. The number of carbonyl (C=O) groups is 2. The molecule has 1 heterocycles. The van der Waals surface area contributed by atoms with Gasteiger partial charge in [-0.2, -0.15) is 0 Å². The lowest BCUT2D eigenvalue weighted by atomic mass is 9.97. The van der Waals surface area contributed by atoms with Crippen molar-refractivity contribution in [3.63, 3.8) is 0 Å². The van der Waals surface area contributed by atoms with Crippen molar-refractivity contribution in [2.24, 2.45) is 5.92 Å². The van der Waals surface area contributed by atoms with E-state index in [1.54, 1.807) is 21.3 Å². The highest BCUT2D eigenvalue weighted by atomic mass is 16.5. The van der Waals surface area contributed by atoms with Crippen molar-refractivity contribution in [3.05, 3.63) is 23.8 Å². The molecule has 8 nitrogen and oxygen atoms in total. The van der Waals surface area contributed by atoms with Crippen LogP contribution in [0.3, 0.4) is 0 Å². The van der Waals surface area contributed by atoms with Crippen LogP contribution in [0.5, 0.6) is 11.5 Å². The summed E-state index contributed by atoms with van der Waals surface area (Å²) >= 11 is 0. The van der Waals surface area contributed by atoms with E-state index in [0.29, 0.717) is 0 Å². The fraction of sp³-hybridized carbons (Fsp3) is 0.556. The summed E-state index contributed by atoms with van der Waals surface area (Å²) in [5, 5.41) is 14.8. The van der Waals surface area contributed by atoms with Gasteiger partial charge in [0.05, 0.1) is 14.2 Å². The van der Waals surface area contributed by atoms with Gasteiger partial charge in [0.2, 0.25) is 0 Å². The minimum Gasteiger partial charge on any atom is -0.497 e. The molecular formula is C18H27NO7. The number of nitrogens with zero attached hydrogens (tertiary/aromatic N) is 1. The number of rotatable bonds is 6. The molecule has 2 N–H and O–H groups in total. The van der Waals surface area contributed by atoms with Crippen LogP contribution in [-0.4, -0.2) is 68.1 Å². The van der Waals surface area contributed by atoms with Crippen molar-refractivity contribution in [2.75, 3.05) is 41.0 Å². The van der Waals surface area contributed by atoms with E-state index in [9.17, 15) is 0 Å². The Morgan fingerprint density at radius 3 is 1.88 bits per heavy atom. The van der Waals surface area contributed by atoms with Crippen molar-refractivity contribution >= 4 is 11.9 Å². The zero-order valence-corrected chi connectivity index (χ0v) is 15.4. The molecule has 0 unspecified atom stereocenters. The van der Waals surface area contributed by atoms with Crippen LogP contribution in [0.2, 0.25) is 0 Å². The summed E-state index contributed by atoms with van der Waals surface area (Å²) in [6.07, 6.45) is 2.43. The minimum absolute atomic E-state index is 0.719. The van der Waals surface area contributed by atoms with Crippen LogP contribution in [0.15, 0.2) is 18.2 Å².